The van der Waals surface area contributed by atoms with Crippen molar-refractivity contribution in [2.75, 3.05) is 0 Å². The van der Waals surface area contributed by atoms with Crippen molar-refractivity contribution in [3.05, 3.63) is 45.4 Å². The highest BCUT2D eigenvalue weighted by molar-refractivity contribution is 9.10. The van der Waals surface area contributed by atoms with Gasteiger partial charge in [-0.3, -0.25) is 14.5 Å². The van der Waals surface area contributed by atoms with Gasteiger partial charge < -0.3 is 0 Å². The summed E-state index contributed by atoms with van der Waals surface area (Å²) in [5.74, 6) is 0.0733. The third kappa shape index (κ3) is 2.51. The van der Waals surface area contributed by atoms with Crippen LogP contribution in [0, 0.1) is 13.8 Å². The van der Waals surface area contributed by atoms with Crippen LogP contribution in [0.5, 0.6) is 0 Å². The van der Waals surface area contributed by atoms with Gasteiger partial charge in [0.25, 0.3) is 0 Å². The van der Waals surface area contributed by atoms with Gasteiger partial charge in [0.05, 0.1) is 22.3 Å². The van der Waals surface area contributed by atoms with Crippen molar-refractivity contribution in [2.45, 2.75) is 20.3 Å². The lowest BCUT2D eigenvalue weighted by atomic mass is 10.1. The van der Waals surface area contributed by atoms with E-state index in [9.17, 15) is 4.79 Å². The first-order valence-electron chi connectivity index (χ1n) is 5.63. The van der Waals surface area contributed by atoms with E-state index in [0.29, 0.717) is 12.0 Å². The highest BCUT2D eigenvalue weighted by Crippen LogP contribution is 2.21. The van der Waals surface area contributed by atoms with Gasteiger partial charge in [0, 0.05) is 24.5 Å². The molecule has 2 aromatic heterocycles. The summed E-state index contributed by atoms with van der Waals surface area (Å²) in [4.78, 5) is 16.3. The molecule has 0 radical (unpaired) electrons. The summed E-state index contributed by atoms with van der Waals surface area (Å²) in [5.41, 5.74) is 3.33. The van der Waals surface area contributed by atoms with Gasteiger partial charge in [-0.1, -0.05) is 0 Å². The van der Waals surface area contributed by atoms with E-state index >= 15 is 0 Å². The number of carbonyl (C=O) groups is 1. The zero-order valence-electron chi connectivity index (χ0n) is 10.6. The molecule has 0 saturated carbocycles. The fraction of sp³-hybridized carbons (Fsp3) is 0.308. The van der Waals surface area contributed by atoms with E-state index in [1.807, 2.05) is 20.9 Å². The van der Waals surface area contributed by atoms with Crippen molar-refractivity contribution < 1.29 is 4.79 Å². The van der Waals surface area contributed by atoms with Crippen LogP contribution < -0.4 is 0 Å². The monoisotopic (exact) mass is 307 g/mol. The molecule has 0 aromatic carbocycles. The molecule has 0 bridgehead atoms. The second-order valence-electron chi connectivity index (χ2n) is 4.26. The standard InChI is InChI=1S/C13H14BrN3O/c1-8-6-10(4-5-15-8)12(18)7-11-13(14)9(2)16-17(11)3/h4-6H,7H2,1-3H3. The Morgan fingerprint density at radius 2 is 2.17 bits per heavy atom. The van der Waals surface area contributed by atoms with E-state index < -0.39 is 0 Å². The summed E-state index contributed by atoms with van der Waals surface area (Å²) in [7, 11) is 1.85. The first-order valence-corrected chi connectivity index (χ1v) is 6.42. The number of rotatable bonds is 3. The number of halogens is 1. The Kier molecular flexibility index (Phi) is 3.61. The fourth-order valence-electron chi connectivity index (χ4n) is 1.85. The van der Waals surface area contributed by atoms with E-state index in [1.165, 1.54) is 0 Å². The fourth-order valence-corrected chi connectivity index (χ4v) is 2.32. The molecule has 2 heterocycles. The maximum Gasteiger partial charge on any atom is 0.168 e. The van der Waals surface area contributed by atoms with Crippen LogP contribution in [0.2, 0.25) is 0 Å². The van der Waals surface area contributed by atoms with Crippen molar-refractivity contribution in [3.8, 4) is 0 Å². The molecule has 4 nitrogen and oxygen atoms in total. The molecule has 5 heteroatoms. The third-order valence-corrected chi connectivity index (χ3v) is 3.84. The number of nitrogens with zero attached hydrogens (tertiary/aromatic N) is 3. The Morgan fingerprint density at radius 3 is 2.72 bits per heavy atom. The van der Waals surface area contributed by atoms with E-state index in [4.69, 9.17) is 0 Å². The Bertz CT molecular complexity index is 604. The normalized spacial score (nSPS) is 10.7. The predicted molar refractivity (Wildman–Crippen MR) is 72.7 cm³/mol. The molecule has 2 aromatic rings. The minimum absolute atomic E-state index is 0.0733. The van der Waals surface area contributed by atoms with Gasteiger partial charge in [-0.2, -0.15) is 5.10 Å². The second kappa shape index (κ2) is 5.02. The van der Waals surface area contributed by atoms with Crippen LogP contribution in [0.3, 0.4) is 0 Å². The summed E-state index contributed by atoms with van der Waals surface area (Å²) < 4.78 is 2.65. The van der Waals surface area contributed by atoms with Crippen LogP contribution in [-0.4, -0.2) is 20.5 Å². The van der Waals surface area contributed by atoms with Gasteiger partial charge in [0.1, 0.15) is 0 Å². The average molecular weight is 308 g/mol. The molecular weight excluding hydrogens is 294 g/mol. The molecule has 0 aliphatic heterocycles. The van der Waals surface area contributed by atoms with Crippen molar-refractivity contribution >= 4 is 21.7 Å². The van der Waals surface area contributed by atoms with Gasteiger partial charge >= 0.3 is 0 Å². The molecule has 94 valence electrons. The van der Waals surface area contributed by atoms with Crippen molar-refractivity contribution in [2.24, 2.45) is 7.05 Å². The number of carbonyl (C=O) groups excluding carboxylic acids is 1. The topological polar surface area (TPSA) is 47.8 Å². The number of hydrogen-bond donors (Lipinski definition) is 0. The van der Waals surface area contributed by atoms with E-state index in [0.717, 1.165) is 21.6 Å². The van der Waals surface area contributed by atoms with Gasteiger partial charge in [0.15, 0.2) is 5.78 Å². The molecular formula is C13H14BrN3O. The number of ketones is 1. The molecule has 0 unspecified atom stereocenters. The van der Waals surface area contributed by atoms with Crippen LogP contribution in [0.15, 0.2) is 22.8 Å². The van der Waals surface area contributed by atoms with Gasteiger partial charge in [-0.05, 0) is 41.9 Å². The SMILES string of the molecule is Cc1cc(C(=O)Cc2c(Br)c(C)nn2C)ccn1. The highest BCUT2D eigenvalue weighted by Gasteiger charge is 2.15. The molecule has 0 N–H and O–H groups in total. The Hall–Kier alpha value is -1.49. The minimum atomic E-state index is 0.0733. The molecule has 0 atom stereocenters. The Labute approximate surface area is 114 Å². The lowest BCUT2D eigenvalue weighted by molar-refractivity contribution is 0.0990. The number of aromatic nitrogens is 3. The van der Waals surface area contributed by atoms with Crippen molar-refractivity contribution in [1.82, 2.24) is 14.8 Å². The Morgan fingerprint density at radius 1 is 1.44 bits per heavy atom. The highest BCUT2D eigenvalue weighted by atomic mass is 79.9. The minimum Gasteiger partial charge on any atom is -0.294 e. The van der Waals surface area contributed by atoms with Crippen LogP contribution in [0.1, 0.15) is 27.4 Å². The molecule has 18 heavy (non-hydrogen) atoms. The number of Topliss-reactive ketones (excluding diaryl/α,β-unsaturated/α-hetero) is 1. The molecule has 0 spiro atoms. The Balaban J connectivity index is 2.27. The number of pyridine rings is 1. The van der Waals surface area contributed by atoms with Gasteiger partial charge in [-0.25, -0.2) is 0 Å². The maximum atomic E-state index is 12.2. The van der Waals surface area contributed by atoms with Crippen LogP contribution >= 0.6 is 15.9 Å². The molecule has 0 aliphatic carbocycles. The summed E-state index contributed by atoms with van der Waals surface area (Å²) >= 11 is 3.47. The van der Waals surface area contributed by atoms with E-state index in [1.54, 1.807) is 23.0 Å². The molecule has 0 aliphatic rings. The zero-order chi connectivity index (χ0) is 13.3. The average Bonchev–Trinajstić information content (AvgIpc) is 2.56. The molecule has 2 rings (SSSR count). The van der Waals surface area contributed by atoms with E-state index in [-0.39, 0.29) is 5.78 Å². The summed E-state index contributed by atoms with van der Waals surface area (Å²) in [6, 6.07) is 3.55. The van der Waals surface area contributed by atoms with Gasteiger partial charge in [-0.15, -0.1) is 0 Å². The largest absolute Gasteiger partial charge is 0.294 e. The van der Waals surface area contributed by atoms with E-state index in [2.05, 4.69) is 26.0 Å². The smallest absolute Gasteiger partial charge is 0.168 e. The van der Waals surface area contributed by atoms with Crippen molar-refractivity contribution in [3.63, 3.8) is 0 Å². The second-order valence-corrected chi connectivity index (χ2v) is 5.05. The number of hydrogen-bond acceptors (Lipinski definition) is 3. The third-order valence-electron chi connectivity index (χ3n) is 2.81. The molecule has 0 saturated heterocycles. The summed E-state index contributed by atoms with van der Waals surface area (Å²) in [5, 5.41) is 4.28. The first-order chi connectivity index (χ1) is 8.49. The van der Waals surface area contributed by atoms with Crippen LogP contribution in [-0.2, 0) is 13.5 Å². The van der Waals surface area contributed by atoms with Crippen LogP contribution in [0.4, 0.5) is 0 Å². The lowest BCUT2D eigenvalue weighted by Gasteiger charge is -2.03. The zero-order valence-corrected chi connectivity index (χ0v) is 12.2. The van der Waals surface area contributed by atoms with Gasteiger partial charge in [0.2, 0.25) is 0 Å². The first kappa shape index (κ1) is 13.0. The summed E-state index contributed by atoms with van der Waals surface area (Å²) in [6.07, 6.45) is 1.99. The lowest BCUT2D eigenvalue weighted by Crippen LogP contribution is -2.08. The summed E-state index contributed by atoms with van der Waals surface area (Å²) in [6.45, 7) is 3.79. The predicted octanol–water partition coefficient (Wildman–Crippen LogP) is 2.62. The van der Waals surface area contributed by atoms with Crippen molar-refractivity contribution in [1.29, 1.82) is 0 Å². The maximum absolute atomic E-state index is 12.2. The molecule has 0 fully saturated rings. The number of aryl methyl sites for hydroxylation is 3. The quantitative estimate of drug-likeness (QED) is 0.819. The van der Waals surface area contributed by atoms with Crippen LogP contribution in [0.25, 0.3) is 0 Å². The molecule has 0 amide bonds.